The van der Waals surface area contributed by atoms with Gasteiger partial charge in [0.15, 0.2) is 0 Å². The number of nitrogens with one attached hydrogen (secondary N) is 1. The minimum Gasteiger partial charge on any atom is -0.308 e. The molecule has 1 aromatic heterocycles. The molecule has 1 N–H and O–H groups in total. The van der Waals surface area contributed by atoms with Crippen LogP contribution in [0.2, 0.25) is 5.02 Å². The van der Waals surface area contributed by atoms with E-state index in [1.165, 1.54) is 5.56 Å². The number of halogens is 1. The Kier molecular flexibility index (Phi) is 6.27. The second-order valence-electron chi connectivity index (χ2n) is 5.30. The van der Waals surface area contributed by atoms with Crippen LogP contribution in [0, 0.1) is 0 Å². The molecule has 21 heavy (non-hydrogen) atoms. The van der Waals surface area contributed by atoms with Gasteiger partial charge in [-0.05, 0) is 31.4 Å². The molecule has 1 unspecified atom stereocenters. The summed E-state index contributed by atoms with van der Waals surface area (Å²) in [5, 5.41) is 8.79. The van der Waals surface area contributed by atoms with Gasteiger partial charge < -0.3 is 5.32 Å². The molecule has 0 aliphatic heterocycles. The second-order valence-corrected chi connectivity index (χ2v) is 5.70. The molecule has 0 bridgehead atoms. The SMILES string of the molecule is CCCNC(Cc1ccccc1)c1c(Cl)cnn1CCC. The van der Waals surface area contributed by atoms with Crippen LogP contribution in [0.4, 0.5) is 0 Å². The van der Waals surface area contributed by atoms with Crippen LogP contribution in [0.3, 0.4) is 0 Å². The first-order chi connectivity index (χ1) is 10.3. The molecule has 2 aromatic rings. The molecule has 114 valence electrons. The molecule has 0 amide bonds. The summed E-state index contributed by atoms with van der Waals surface area (Å²) in [5.41, 5.74) is 2.42. The van der Waals surface area contributed by atoms with Gasteiger partial charge in [0.1, 0.15) is 0 Å². The van der Waals surface area contributed by atoms with Gasteiger partial charge in [0.2, 0.25) is 0 Å². The average molecular weight is 306 g/mol. The number of aryl methyl sites for hydroxylation is 1. The zero-order chi connectivity index (χ0) is 15.1. The first-order valence-electron chi connectivity index (χ1n) is 7.74. The Morgan fingerprint density at radius 1 is 1.19 bits per heavy atom. The summed E-state index contributed by atoms with van der Waals surface area (Å²) in [6, 6.07) is 10.7. The Morgan fingerprint density at radius 2 is 1.95 bits per heavy atom. The van der Waals surface area contributed by atoms with Gasteiger partial charge in [-0.2, -0.15) is 5.10 Å². The van der Waals surface area contributed by atoms with E-state index in [0.29, 0.717) is 0 Å². The molecule has 2 rings (SSSR count). The van der Waals surface area contributed by atoms with Crippen LogP contribution in [0.15, 0.2) is 36.5 Å². The van der Waals surface area contributed by atoms with E-state index in [4.69, 9.17) is 11.6 Å². The lowest BCUT2D eigenvalue weighted by atomic mass is 10.0. The van der Waals surface area contributed by atoms with Gasteiger partial charge in [0, 0.05) is 6.54 Å². The lowest BCUT2D eigenvalue weighted by Gasteiger charge is -2.21. The predicted octanol–water partition coefficient (Wildman–Crippen LogP) is 4.23. The highest BCUT2D eigenvalue weighted by atomic mass is 35.5. The third-order valence-electron chi connectivity index (χ3n) is 3.52. The lowest BCUT2D eigenvalue weighted by Crippen LogP contribution is -2.27. The highest BCUT2D eigenvalue weighted by molar-refractivity contribution is 6.31. The first kappa shape index (κ1) is 16.1. The Morgan fingerprint density at radius 3 is 2.62 bits per heavy atom. The van der Waals surface area contributed by atoms with Crippen LogP contribution < -0.4 is 5.32 Å². The van der Waals surface area contributed by atoms with Crippen molar-refractivity contribution in [3.63, 3.8) is 0 Å². The van der Waals surface area contributed by atoms with E-state index in [9.17, 15) is 0 Å². The van der Waals surface area contributed by atoms with Crippen LogP contribution in [0.1, 0.15) is 44.0 Å². The molecular formula is C17H24ClN3. The number of aromatic nitrogens is 2. The number of nitrogens with zero attached hydrogens (tertiary/aromatic N) is 2. The molecule has 0 fully saturated rings. The van der Waals surface area contributed by atoms with E-state index >= 15 is 0 Å². The van der Waals surface area contributed by atoms with E-state index < -0.39 is 0 Å². The maximum Gasteiger partial charge on any atom is 0.0834 e. The Labute approximate surface area is 132 Å². The molecule has 1 heterocycles. The number of benzene rings is 1. The van der Waals surface area contributed by atoms with E-state index in [-0.39, 0.29) is 6.04 Å². The first-order valence-corrected chi connectivity index (χ1v) is 8.12. The summed E-state index contributed by atoms with van der Waals surface area (Å²) in [6.45, 7) is 6.22. The lowest BCUT2D eigenvalue weighted by molar-refractivity contribution is 0.468. The number of hydrogen-bond donors (Lipinski definition) is 1. The van der Waals surface area contributed by atoms with Crippen molar-refractivity contribution in [2.75, 3.05) is 6.54 Å². The number of rotatable bonds is 8. The van der Waals surface area contributed by atoms with Gasteiger partial charge in [0.05, 0.1) is 23.0 Å². The summed E-state index contributed by atoms with van der Waals surface area (Å²) in [5.74, 6) is 0. The average Bonchev–Trinajstić information content (AvgIpc) is 2.86. The summed E-state index contributed by atoms with van der Waals surface area (Å²) in [6.07, 6.45) is 4.84. The van der Waals surface area contributed by atoms with Crippen molar-refractivity contribution in [2.45, 2.75) is 45.7 Å². The molecule has 0 aliphatic rings. The van der Waals surface area contributed by atoms with Gasteiger partial charge in [-0.15, -0.1) is 0 Å². The van der Waals surface area contributed by atoms with E-state index in [1.54, 1.807) is 6.20 Å². The van der Waals surface area contributed by atoms with E-state index in [1.807, 2.05) is 10.7 Å². The summed E-state index contributed by atoms with van der Waals surface area (Å²) < 4.78 is 2.04. The van der Waals surface area contributed by atoms with Crippen molar-refractivity contribution in [3.05, 3.63) is 52.8 Å². The summed E-state index contributed by atoms with van der Waals surface area (Å²) in [4.78, 5) is 0. The molecule has 0 saturated heterocycles. The fourth-order valence-corrected chi connectivity index (χ4v) is 2.82. The van der Waals surface area contributed by atoms with Crippen molar-refractivity contribution in [3.8, 4) is 0 Å². The fourth-order valence-electron chi connectivity index (χ4n) is 2.54. The van der Waals surface area contributed by atoms with E-state index in [2.05, 4.69) is 48.5 Å². The van der Waals surface area contributed by atoms with Crippen molar-refractivity contribution in [1.82, 2.24) is 15.1 Å². The molecule has 0 saturated carbocycles. The quantitative estimate of drug-likeness (QED) is 0.791. The normalized spacial score (nSPS) is 12.5. The Hall–Kier alpha value is -1.32. The maximum absolute atomic E-state index is 6.40. The smallest absolute Gasteiger partial charge is 0.0834 e. The minimum absolute atomic E-state index is 0.203. The van der Waals surface area contributed by atoms with Crippen LogP contribution >= 0.6 is 11.6 Å². The van der Waals surface area contributed by atoms with Gasteiger partial charge in [-0.3, -0.25) is 4.68 Å². The van der Waals surface area contributed by atoms with Crippen LogP contribution in [-0.4, -0.2) is 16.3 Å². The molecule has 1 aromatic carbocycles. The monoisotopic (exact) mass is 305 g/mol. The molecule has 1 atom stereocenters. The molecule has 0 aliphatic carbocycles. The van der Waals surface area contributed by atoms with Gasteiger partial charge in [0.25, 0.3) is 0 Å². The maximum atomic E-state index is 6.40. The molecule has 3 nitrogen and oxygen atoms in total. The molecular weight excluding hydrogens is 282 g/mol. The van der Waals surface area contributed by atoms with Gasteiger partial charge in [-0.1, -0.05) is 55.8 Å². The predicted molar refractivity (Wildman–Crippen MR) is 88.7 cm³/mol. The molecule has 4 heteroatoms. The van der Waals surface area contributed by atoms with Crippen LogP contribution in [0.5, 0.6) is 0 Å². The third-order valence-corrected chi connectivity index (χ3v) is 3.81. The molecule has 0 radical (unpaired) electrons. The van der Waals surface area contributed by atoms with Crippen molar-refractivity contribution in [1.29, 1.82) is 0 Å². The van der Waals surface area contributed by atoms with Crippen molar-refractivity contribution < 1.29 is 0 Å². The molecule has 0 spiro atoms. The third kappa shape index (κ3) is 4.32. The zero-order valence-corrected chi connectivity index (χ0v) is 13.6. The largest absolute Gasteiger partial charge is 0.308 e. The zero-order valence-electron chi connectivity index (χ0n) is 12.8. The van der Waals surface area contributed by atoms with Crippen molar-refractivity contribution >= 4 is 11.6 Å². The second kappa shape index (κ2) is 8.20. The highest BCUT2D eigenvalue weighted by Gasteiger charge is 2.20. The van der Waals surface area contributed by atoms with Gasteiger partial charge >= 0.3 is 0 Å². The standard InChI is InChI=1S/C17H24ClN3/c1-3-10-19-16(12-14-8-6-5-7-9-14)17-15(18)13-20-21(17)11-4-2/h5-9,13,16,19H,3-4,10-12H2,1-2H3. The highest BCUT2D eigenvalue weighted by Crippen LogP contribution is 2.26. The van der Waals surface area contributed by atoms with E-state index in [0.717, 1.165) is 43.1 Å². The minimum atomic E-state index is 0.203. The Bertz CT molecular complexity index is 536. The van der Waals surface area contributed by atoms with Crippen LogP contribution in [0.25, 0.3) is 0 Å². The topological polar surface area (TPSA) is 29.9 Å². The fraction of sp³-hybridized carbons (Fsp3) is 0.471. The van der Waals surface area contributed by atoms with Crippen LogP contribution in [-0.2, 0) is 13.0 Å². The Balaban J connectivity index is 2.25. The number of hydrogen-bond acceptors (Lipinski definition) is 2. The summed E-state index contributed by atoms with van der Waals surface area (Å²) >= 11 is 6.40. The summed E-state index contributed by atoms with van der Waals surface area (Å²) in [7, 11) is 0. The van der Waals surface area contributed by atoms with Gasteiger partial charge in [-0.25, -0.2) is 0 Å². The van der Waals surface area contributed by atoms with Crippen molar-refractivity contribution in [2.24, 2.45) is 0 Å².